The summed E-state index contributed by atoms with van der Waals surface area (Å²) in [5.74, 6) is 2.29. The topological polar surface area (TPSA) is 30.7 Å². The third-order valence-electron chi connectivity index (χ3n) is 2.67. The Bertz CT molecular complexity index is 520. The van der Waals surface area contributed by atoms with Gasteiger partial charge >= 0.3 is 0 Å². The summed E-state index contributed by atoms with van der Waals surface area (Å²) in [5, 5.41) is 10.2. The number of benzene rings is 1. The Morgan fingerprint density at radius 1 is 1.22 bits per heavy atom. The molecule has 0 amide bonds. The number of hydrogen-bond donors (Lipinski definition) is 0. The van der Waals surface area contributed by atoms with Gasteiger partial charge in [-0.1, -0.05) is 49.3 Å². The maximum absolute atomic E-state index is 5.86. The Balaban J connectivity index is 2.04. The molecule has 0 fully saturated rings. The van der Waals surface area contributed by atoms with Crippen molar-refractivity contribution in [3.63, 3.8) is 0 Å². The van der Waals surface area contributed by atoms with Crippen LogP contribution >= 0.6 is 23.4 Å². The van der Waals surface area contributed by atoms with Crippen molar-refractivity contribution >= 4 is 23.4 Å². The van der Waals surface area contributed by atoms with Crippen LogP contribution < -0.4 is 0 Å². The van der Waals surface area contributed by atoms with Gasteiger partial charge in [-0.3, -0.25) is 0 Å². The Morgan fingerprint density at radius 2 is 1.89 bits per heavy atom. The molecule has 0 aliphatic carbocycles. The summed E-state index contributed by atoms with van der Waals surface area (Å²) in [6, 6.07) is 7.89. The minimum atomic E-state index is 0.396. The van der Waals surface area contributed by atoms with E-state index in [1.54, 1.807) is 11.8 Å². The SMILES string of the molecule is CC(C)c1nnc(SCc2ccc(Cl)cc2)n1C. The second-order valence-electron chi connectivity index (χ2n) is 4.47. The Hall–Kier alpha value is -1.00. The summed E-state index contributed by atoms with van der Waals surface area (Å²) in [4.78, 5) is 0. The molecule has 2 rings (SSSR count). The molecule has 3 nitrogen and oxygen atoms in total. The molecule has 2 aromatic rings. The van der Waals surface area contributed by atoms with Gasteiger partial charge in [0.05, 0.1) is 0 Å². The molecule has 1 aromatic carbocycles. The van der Waals surface area contributed by atoms with Crippen LogP contribution in [0.15, 0.2) is 29.4 Å². The van der Waals surface area contributed by atoms with Crippen LogP contribution in [-0.4, -0.2) is 14.8 Å². The molecule has 0 aliphatic heterocycles. The number of hydrogen-bond acceptors (Lipinski definition) is 3. The fraction of sp³-hybridized carbons (Fsp3) is 0.385. The minimum Gasteiger partial charge on any atom is -0.309 e. The third-order valence-corrected chi connectivity index (χ3v) is 4.01. The molecule has 0 N–H and O–H groups in total. The first-order valence-electron chi connectivity index (χ1n) is 5.84. The molecule has 0 bridgehead atoms. The first-order valence-corrected chi connectivity index (χ1v) is 7.21. The highest BCUT2D eigenvalue weighted by molar-refractivity contribution is 7.98. The summed E-state index contributed by atoms with van der Waals surface area (Å²) in [6.45, 7) is 4.25. The van der Waals surface area contributed by atoms with Crippen molar-refractivity contribution in [2.24, 2.45) is 7.05 Å². The molecule has 0 unspecified atom stereocenters. The van der Waals surface area contributed by atoms with Gasteiger partial charge in [0.2, 0.25) is 0 Å². The average molecular weight is 282 g/mol. The van der Waals surface area contributed by atoms with Crippen molar-refractivity contribution in [1.82, 2.24) is 14.8 Å². The quantitative estimate of drug-likeness (QED) is 0.797. The van der Waals surface area contributed by atoms with E-state index in [1.165, 1.54) is 5.56 Å². The van der Waals surface area contributed by atoms with Gasteiger partial charge < -0.3 is 4.57 Å². The fourth-order valence-corrected chi connectivity index (χ4v) is 2.68. The van der Waals surface area contributed by atoms with E-state index in [0.717, 1.165) is 21.8 Å². The van der Waals surface area contributed by atoms with E-state index in [9.17, 15) is 0 Å². The van der Waals surface area contributed by atoms with Gasteiger partial charge in [-0.25, -0.2) is 0 Å². The van der Waals surface area contributed by atoms with Crippen molar-refractivity contribution in [2.45, 2.75) is 30.7 Å². The molecular formula is C13H16ClN3S. The molecular weight excluding hydrogens is 266 g/mol. The van der Waals surface area contributed by atoms with Crippen molar-refractivity contribution in [3.8, 4) is 0 Å². The Kier molecular flexibility index (Phi) is 4.30. The van der Waals surface area contributed by atoms with Crippen LogP contribution in [0.2, 0.25) is 5.02 Å². The highest BCUT2D eigenvalue weighted by Gasteiger charge is 2.11. The van der Waals surface area contributed by atoms with Gasteiger partial charge in [0.1, 0.15) is 5.82 Å². The molecule has 96 valence electrons. The molecule has 1 heterocycles. The van der Waals surface area contributed by atoms with Crippen molar-refractivity contribution in [1.29, 1.82) is 0 Å². The zero-order valence-electron chi connectivity index (χ0n) is 10.7. The van der Waals surface area contributed by atoms with Crippen LogP contribution in [-0.2, 0) is 12.8 Å². The van der Waals surface area contributed by atoms with Gasteiger partial charge in [-0.05, 0) is 17.7 Å². The largest absolute Gasteiger partial charge is 0.309 e. The number of aromatic nitrogens is 3. The lowest BCUT2D eigenvalue weighted by atomic mass is 10.2. The fourth-order valence-electron chi connectivity index (χ4n) is 1.68. The van der Waals surface area contributed by atoms with E-state index < -0.39 is 0 Å². The summed E-state index contributed by atoms with van der Waals surface area (Å²) in [7, 11) is 2.01. The maximum atomic E-state index is 5.86. The number of nitrogens with zero attached hydrogens (tertiary/aromatic N) is 3. The first-order chi connectivity index (χ1) is 8.58. The summed E-state index contributed by atoms with van der Waals surface area (Å²) in [5.41, 5.74) is 1.23. The number of rotatable bonds is 4. The predicted molar refractivity (Wildman–Crippen MR) is 76.1 cm³/mol. The smallest absolute Gasteiger partial charge is 0.191 e. The summed E-state index contributed by atoms with van der Waals surface area (Å²) in [6.07, 6.45) is 0. The molecule has 0 radical (unpaired) electrons. The summed E-state index contributed by atoms with van der Waals surface area (Å²) >= 11 is 7.55. The van der Waals surface area contributed by atoms with E-state index in [1.807, 2.05) is 31.3 Å². The summed E-state index contributed by atoms with van der Waals surface area (Å²) < 4.78 is 2.06. The van der Waals surface area contributed by atoms with Gasteiger partial charge in [0.25, 0.3) is 0 Å². The molecule has 0 spiro atoms. The molecule has 1 aromatic heterocycles. The lowest BCUT2D eigenvalue weighted by Crippen LogP contribution is -2.00. The Labute approximate surface area is 117 Å². The molecule has 0 aliphatic rings. The lowest BCUT2D eigenvalue weighted by Gasteiger charge is -2.05. The second kappa shape index (κ2) is 5.76. The van der Waals surface area contributed by atoms with Gasteiger partial charge in [-0.2, -0.15) is 0 Å². The highest BCUT2D eigenvalue weighted by Crippen LogP contribution is 2.23. The van der Waals surface area contributed by atoms with Gasteiger partial charge in [0, 0.05) is 23.7 Å². The standard InChI is InChI=1S/C13H16ClN3S/c1-9(2)12-15-16-13(17(12)3)18-8-10-4-6-11(14)7-5-10/h4-7,9H,8H2,1-3H3. The van der Waals surface area contributed by atoms with E-state index in [2.05, 4.69) is 28.6 Å². The van der Waals surface area contributed by atoms with Crippen LogP contribution in [0.4, 0.5) is 0 Å². The van der Waals surface area contributed by atoms with Gasteiger partial charge in [-0.15, -0.1) is 10.2 Å². The third kappa shape index (κ3) is 3.06. The van der Waals surface area contributed by atoms with Crippen LogP contribution in [0.1, 0.15) is 31.2 Å². The average Bonchev–Trinajstić information content (AvgIpc) is 2.70. The van der Waals surface area contributed by atoms with Crippen molar-refractivity contribution in [3.05, 3.63) is 40.7 Å². The van der Waals surface area contributed by atoms with Crippen LogP contribution in [0.25, 0.3) is 0 Å². The number of halogens is 1. The van der Waals surface area contributed by atoms with E-state index in [0.29, 0.717) is 5.92 Å². The van der Waals surface area contributed by atoms with Crippen LogP contribution in [0.3, 0.4) is 0 Å². The number of thioether (sulfide) groups is 1. The lowest BCUT2D eigenvalue weighted by molar-refractivity contribution is 0.680. The highest BCUT2D eigenvalue weighted by atomic mass is 35.5. The van der Waals surface area contributed by atoms with Crippen LogP contribution in [0.5, 0.6) is 0 Å². The first kappa shape index (κ1) is 13.4. The maximum Gasteiger partial charge on any atom is 0.191 e. The molecule has 18 heavy (non-hydrogen) atoms. The monoisotopic (exact) mass is 281 g/mol. The molecule has 5 heteroatoms. The van der Waals surface area contributed by atoms with Crippen molar-refractivity contribution < 1.29 is 0 Å². The zero-order valence-corrected chi connectivity index (χ0v) is 12.3. The van der Waals surface area contributed by atoms with E-state index >= 15 is 0 Å². The normalized spacial score (nSPS) is 11.2. The second-order valence-corrected chi connectivity index (χ2v) is 5.85. The zero-order chi connectivity index (χ0) is 13.1. The Morgan fingerprint density at radius 3 is 2.44 bits per heavy atom. The minimum absolute atomic E-state index is 0.396. The van der Waals surface area contributed by atoms with Crippen LogP contribution in [0, 0.1) is 0 Å². The van der Waals surface area contributed by atoms with E-state index in [4.69, 9.17) is 11.6 Å². The predicted octanol–water partition coefficient (Wildman–Crippen LogP) is 3.88. The molecule has 0 saturated carbocycles. The molecule has 0 atom stereocenters. The van der Waals surface area contributed by atoms with Crippen molar-refractivity contribution in [2.75, 3.05) is 0 Å². The van der Waals surface area contributed by atoms with Gasteiger partial charge in [0.15, 0.2) is 5.16 Å². The van der Waals surface area contributed by atoms with E-state index in [-0.39, 0.29) is 0 Å². The molecule has 0 saturated heterocycles.